The van der Waals surface area contributed by atoms with Crippen LogP contribution in [-0.4, -0.2) is 9.97 Å². The summed E-state index contributed by atoms with van der Waals surface area (Å²) in [5.41, 5.74) is 0.440. The summed E-state index contributed by atoms with van der Waals surface area (Å²) in [6, 6.07) is 1.52. The third-order valence-corrected chi connectivity index (χ3v) is 2.05. The minimum absolute atomic E-state index is 0.0269. The molecule has 5 heteroatoms. The van der Waals surface area contributed by atoms with Gasteiger partial charge in [0.15, 0.2) is 0 Å². The predicted molar refractivity (Wildman–Crippen MR) is 45.7 cm³/mol. The van der Waals surface area contributed by atoms with Crippen molar-refractivity contribution in [2.45, 2.75) is 32.4 Å². The lowest BCUT2D eigenvalue weighted by atomic mass is 10.1. The molecule has 1 aromatic heterocycles. The predicted octanol–water partition coefficient (Wildman–Crippen LogP) is 3.01. The molecule has 78 valence electrons. The molecule has 0 saturated heterocycles. The zero-order chi connectivity index (χ0) is 10.8. The van der Waals surface area contributed by atoms with Gasteiger partial charge >= 0.3 is 6.18 Å². The van der Waals surface area contributed by atoms with Crippen molar-refractivity contribution in [2.24, 2.45) is 0 Å². The van der Waals surface area contributed by atoms with Crippen LogP contribution in [0, 0.1) is 0 Å². The Morgan fingerprint density at radius 2 is 2.07 bits per heavy atom. The Labute approximate surface area is 80.2 Å². The molecule has 1 heterocycles. The van der Waals surface area contributed by atoms with Crippen molar-refractivity contribution >= 4 is 0 Å². The van der Waals surface area contributed by atoms with E-state index in [9.17, 15) is 13.2 Å². The number of hydrogen-bond acceptors (Lipinski definition) is 2. The molecule has 0 saturated carbocycles. The SMILES string of the molecule is CCC(C)c1ccnc(C(F)(F)F)n1. The number of alkyl halides is 3. The molecular formula is C9H11F3N2. The number of nitrogens with zero attached hydrogens (tertiary/aromatic N) is 2. The Kier molecular flexibility index (Phi) is 3.08. The summed E-state index contributed by atoms with van der Waals surface area (Å²) in [5, 5.41) is 0. The van der Waals surface area contributed by atoms with E-state index >= 15 is 0 Å². The van der Waals surface area contributed by atoms with Crippen molar-refractivity contribution in [1.82, 2.24) is 9.97 Å². The molecular weight excluding hydrogens is 193 g/mol. The molecule has 2 nitrogen and oxygen atoms in total. The Morgan fingerprint density at radius 1 is 1.43 bits per heavy atom. The molecule has 1 aromatic rings. The van der Waals surface area contributed by atoms with Crippen LogP contribution in [0.1, 0.15) is 37.7 Å². The highest BCUT2D eigenvalue weighted by molar-refractivity contribution is 5.08. The Bertz CT molecular complexity index is 309. The Morgan fingerprint density at radius 3 is 2.57 bits per heavy atom. The van der Waals surface area contributed by atoms with E-state index < -0.39 is 12.0 Å². The first-order valence-corrected chi connectivity index (χ1v) is 4.35. The Balaban J connectivity index is 3.01. The maximum atomic E-state index is 12.2. The smallest absolute Gasteiger partial charge is 0.233 e. The van der Waals surface area contributed by atoms with E-state index in [4.69, 9.17) is 0 Å². The normalized spacial score (nSPS) is 14.1. The highest BCUT2D eigenvalue weighted by Crippen LogP contribution is 2.27. The van der Waals surface area contributed by atoms with Crippen molar-refractivity contribution in [3.05, 3.63) is 23.8 Å². The quantitative estimate of drug-likeness (QED) is 0.740. The van der Waals surface area contributed by atoms with Crippen LogP contribution in [0.2, 0.25) is 0 Å². The second-order valence-corrected chi connectivity index (χ2v) is 3.11. The minimum Gasteiger partial charge on any atom is -0.233 e. The molecule has 1 rings (SSSR count). The van der Waals surface area contributed by atoms with E-state index in [0.717, 1.165) is 12.6 Å². The second-order valence-electron chi connectivity index (χ2n) is 3.11. The largest absolute Gasteiger partial charge is 0.451 e. The van der Waals surface area contributed by atoms with E-state index in [1.807, 2.05) is 13.8 Å². The summed E-state index contributed by atoms with van der Waals surface area (Å²) in [7, 11) is 0. The van der Waals surface area contributed by atoms with E-state index in [1.165, 1.54) is 6.07 Å². The van der Waals surface area contributed by atoms with Crippen LogP contribution in [-0.2, 0) is 6.18 Å². The van der Waals surface area contributed by atoms with Gasteiger partial charge in [0, 0.05) is 11.9 Å². The van der Waals surface area contributed by atoms with E-state index in [2.05, 4.69) is 9.97 Å². The van der Waals surface area contributed by atoms with Gasteiger partial charge in [-0.15, -0.1) is 0 Å². The standard InChI is InChI=1S/C9H11F3N2/c1-3-6(2)7-4-5-13-8(14-7)9(10,11)12/h4-6H,3H2,1-2H3. The monoisotopic (exact) mass is 204 g/mol. The van der Waals surface area contributed by atoms with Gasteiger partial charge in [-0.3, -0.25) is 0 Å². The number of rotatable bonds is 2. The molecule has 14 heavy (non-hydrogen) atoms. The van der Waals surface area contributed by atoms with Crippen LogP contribution in [0.3, 0.4) is 0 Å². The zero-order valence-electron chi connectivity index (χ0n) is 7.97. The lowest BCUT2D eigenvalue weighted by molar-refractivity contribution is -0.145. The number of halogens is 3. The van der Waals surface area contributed by atoms with Crippen LogP contribution in [0.25, 0.3) is 0 Å². The maximum Gasteiger partial charge on any atom is 0.451 e. The average Bonchev–Trinajstić information content (AvgIpc) is 2.15. The molecule has 0 amide bonds. The molecule has 0 fully saturated rings. The fourth-order valence-corrected chi connectivity index (χ4v) is 0.993. The first-order valence-electron chi connectivity index (χ1n) is 4.35. The van der Waals surface area contributed by atoms with Gasteiger partial charge in [-0.1, -0.05) is 13.8 Å². The summed E-state index contributed by atoms with van der Waals surface area (Å²) in [5.74, 6) is -1.03. The van der Waals surface area contributed by atoms with Gasteiger partial charge in [-0.05, 0) is 18.4 Å². The van der Waals surface area contributed by atoms with E-state index in [-0.39, 0.29) is 5.92 Å². The topological polar surface area (TPSA) is 25.8 Å². The van der Waals surface area contributed by atoms with Gasteiger partial charge < -0.3 is 0 Å². The van der Waals surface area contributed by atoms with Crippen molar-refractivity contribution in [1.29, 1.82) is 0 Å². The fraction of sp³-hybridized carbons (Fsp3) is 0.556. The van der Waals surface area contributed by atoms with Crippen molar-refractivity contribution in [3.63, 3.8) is 0 Å². The molecule has 0 spiro atoms. The molecule has 1 unspecified atom stereocenters. The molecule has 0 radical (unpaired) electrons. The highest BCUT2D eigenvalue weighted by atomic mass is 19.4. The minimum atomic E-state index is -4.45. The van der Waals surface area contributed by atoms with Gasteiger partial charge in [0.1, 0.15) is 0 Å². The number of aromatic nitrogens is 2. The molecule has 0 aliphatic heterocycles. The molecule has 0 aliphatic rings. The summed E-state index contributed by atoms with van der Waals surface area (Å²) in [6.45, 7) is 3.74. The van der Waals surface area contributed by atoms with Crippen LogP contribution >= 0.6 is 0 Å². The molecule has 0 N–H and O–H groups in total. The van der Waals surface area contributed by atoms with Gasteiger partial charge in [-0.25, -0.2) is 9.97 Å². The van der Waals surface area contributed by atoms with Gasteiger partial charge in [0.25, 0.3) is 0 Å². The first kappa shape index (κ1) is 10.9. The van der Waals surface area contributed by atoms with Gasteiger partial charge in [-0.2, -0.15) is 13.2 Å². The molecule has 0 aliphatic carbocycles. The molecule has 1 atom stereocenters. The van der Waals surface area contributed by atoms with Crippen LogP contribution < -0.4 is 0 Å². The third kappa shape index (κ3) is 2.43. The van der Waals surface area contributed by atoms with Crippen LogP contribution in [0.4, 0.5) is 13.2 Å². The second kappa shape index (κ2) is 3.94. The van der Waals surface area contributed by atoms with Crippen molar-refractivity contribution < 1.29 is 13.2 Å². The summed E-state index contributed by atoms with van der Waals surface area (Å²) >= 11 is 0. The molecule has 0 aromatic carbocycles. The van der Waals surface area contributed by atoms with Gasteiger partial charge in [0.05, 0.1) is 0 Å². The van der Waals surface area contributed by atoms with E-state index in [1.54, 1.807) is 0 Å². The van der Waals surface area contributed by atoms with Gasteiger partial charge in [0.2, 0.25) is 5.82 Å². The van der Waals surface area contributed by atoms with Crippen molar-refractivity contribution in [3.8, 4) is 0 Å². The van der Waals surface area contributed by atoms with Crippen LogP contribution in [0.5, 0.6) is 0 Å². The summed E-state index contributed by atoms with van der Waals surface area (Å²) in [4.78, 5) is 6.67. The highest BCUT2D eigenvalue weighted by Gasteiger charge is 2.34. The zero-order valence-corrected chi connectivity index (χ0v) is 7.97. The lowest BCUT2D eigenvalue weighted by Crippen LogP contribution is -2.12. The van der Waals surface area contributed by atoms with E-state index in [0.29, 0.717) is 5.69 Å². The van der Waals surface area contributed by atoms with Crippen molar-refractivity contribution in [2.75, 3.05) is 0 Å². The van der Waals surface area contributed by atoms with Crippen LogP contribution in [0.15, 0.2) is 12.3 Å². The Hall–Kier alpha value is -1.13. The fourth-order valence-electron chi connectivity index (χ4n) is 0.993. The summed E-state index contributed by atoms with van der Waals surface area (Å²) < 4.78 is 36.6. The average molecular weight is 204 g/mol. The third-order valence-electron chi connectivity index (χ3n) is 2.05. The maximum absolute atomic E-state index is 12.2. The number of hydrogen-bond donors (Lipinski definition) is 0. The summed E-state index contributed by atoms with van der Waals surface area (Å²) in [6.07, 6.45) is -2.55. The molecule has 0 bridgehead atoms. The lowest BCUT2D eigenvalue weighted by Gasteiger charge is -2.10. The first-order chi connectivity index (χ1) is 6.45.